The molecule has 0 aromatic carbocycles. The third kappa shape index (κ3) is 6.20. The summed E-state index contributed by atoms with van der Waals surface area (Å²) < 4.78 is 0. The van der Waals surface area contributed by atoms with Crippen molar-refractivity contribution in [1.29, 1.82) is 0 Å². The standard InChI is InChI=1S/C10H21NO/c1-3-5-6-7-9-11(10-12)8-4-2/h10H,3-9H2,1-2H3. The molecular formula is C10H21NO. The molecule has 0 unspecified atom stereocenters. The summed E-state index contributed by atoms with van der Waals surface area (Å²) in [5.41, 5.74) is 0. The van der Waals surface area contributed by atoms with Crippen molar-refractivity contribution < 1.29 is 4.79 Å². The summed E-state index contributed by atoms with van der Waals surface area (Å²) >= 11 is 0. The van der Waals surface area contributed by atoms with Gasteiger partial charge in [-0.15, -0.1) is 0 Å². The van der Waals surface area contributed by atoms with Gasteiger partial charge in [-0.2, -0.15) is 0 Å². The fourth-order valence-electron chi connectivity index (χ4n) is 1.25. The lowest BCUT2D eigenvalue weighted by Gasteiger charge is -2.15. The zero-order chi connectivity index (χ0) is 9.23. The normalized spacial score (nSPS) is 9.83. The molecule has 0 bridgehead atoms. The van der Waals surface area contributed by atoms with E-state index in [9.17, 15) is 4.79 Å². The minimum atomic E-state index is 0.912. The fraction of sp³-hybridized carbons (Fsp3) is 0.900. The summed E-state index contributed by atoms with van der Waals surface area (Å²) in [4.78, 5) is 12.4. The molecule has 0 aromatic rings. The highest BCUT2D eigenvalue weighted by Gasteiger charge is 1.97. The van der Waals surface area contributed by atoms with Crippen molar-refractivity contribution in [3.05, 3.63) is 0 Å². The van der Waals surface area contributed by atoms with Gasteiger partial charge in [0.1, 0.15) is 0 Å². The van der Waals surface area contributed by atoms with Crippen LogP contribution in [0.2, 0.25) is 0 Å². The monoisotopic (exact) mass is 171 g/mol. The molecule has 72 valence electrons. The predicted octanol–water partition coefficient (Wildman–Crippen LogP) is 2.44. The van der Waals surface area contributed by atoms with Crippen molar-refractivity contribution in [3.8, 4) is 0 Å². The van der Waals surface area contributed by atoms with Gasteiger partial charge >= 0.3 is 0 Å². The number of amides is 1. The smallest absolute Gasteiger partial charge is 0.209 e. The summed E-state index contributed by atoms with van der Waals surface area (Å²) in [5.74, 6) is 0. The number of hydrogen-bond donors (Lipinski definition) is 0. The van der Waals surface area contributed by atoms with Crippen LogP contribution in [0.4, 0.5) is 0 Å². The van der Waals surface area contributed by atoms with Gasteiger partial charge in [-0.25, -0.2) is 0 Å². The highest BCUT2D eigenvalue weighted by atomic mass is 16.1. The lowest BCUT2D eigenvalue weighted by atomic mass is 10.2. The Morgan fingerprint density at radius 3 is 2.25 bits per heavy atom. The first-order chi connectivity index (χ1) is 5.85. The number of hydrogen-bond acceptors (Lipinski definition) is 1. The Labute approximate surface area is 75.9 Å². The van der Waals surface area contributed by atoms with Crippen LogP contribution >= 0.6 is 0 Å². The van der Waals surface area contributed by atoms with E-state index in [-0.39, 0.29) is 0 Å². The molecule has 0 heterocycles. The van der Waals surface area contributed by atoms with Crippen LogP contribution in [-0.4, -0.2) is 24.4 Å². The maximum Gasteiger partial charge on any atom is 0.209 e. The van der Waals surface area contributed by atoms with Gasteiger partial charge in [0.25, 0.3) is 0 Å². The van der Waals surface area contributed by atoms with Gasteiger partial charge in [-0.05, 0) is 12.8 Å². The SMILES string of the molecule is CCCCCCN(C=O)CCC. The van der Waals surface area contributed by atoms with Crippen molar-refractivity contribution in [2.75, 3.05) is 13.1 Å². The first kappa shape index (κ1) is 11.5. The van der Waals surface area contributed by atoms with E-state index in [1.54, 1.807) is 0 Å². The Bertz CT molecular complexity index is 104. The molecule has 0 saturated carbocycles. The first-order valence-corrected chi connectivity index (χ1v) is 5.04. The van der Waals surface area contributed by atoms with Gasteiger partial charge in [-0.3, -0.25) is 4.79 Å². The number of rotatable bonds is 8. The van der Waals surface area contributed by atoms with E-state index in [1.807, 2.05) is 4.90 Å². The molecule has 0 rings (SSSR count). The Hall–Kier alpha value is -0.530. The number of nitrogens with zero attached hydrogens (tertiary/aromatic N) is 1. The molecular weight excluding hydrogens is 150 g/mol. The van der Waals surface area contributed by atoms with Crippen LogP contribution in [0.15, 0.2) is 0 Å². The summed E-state index contributed by atoms with van der Waals surface area (Å²) in [6.45, 7) is 6.15. The molecule has 1 amide bonds. The van der Waals surface area contributed by atoms with Crippen LogP contribution < -0.4 is 0 Å². The van der Waals surface area contributed by atoms with Crippen molar-refractivity contribution >= 4 is 6.41 Å². The van der Waals surface area contributed by atoms with E-state index >= 15 is 0 Å². The molecule has 0 aliphatic heterocycles. The predicted molar refractivity (Wildman–Crippen MR) is 52.1 cm³/mol. The number of unbranched alkanes of at least 4 members (excludes halogenated alkanes) is 3. The molecule has 0 aromatic heterocycles. The second-order valence-corrected chi connectivity index (χ2v) is 3.20. The maximum absolute atomic E-state index is 10.5. The molecule has 0 N–H and O–H groups in total. The average Bonchev–Trinajstić information content (AvgIpc) is 2.10. The van der Waals surface area contributed by atoms with Gasteiger partial charge in [0, 0.05) is 13.1 Å². The van der Waals surface area contributed by atoms with E-state index in [0.717, 1.165) is 32.3 Å². The van der Waals surface area contributed by atoms with E-state index in [2.05, 4.69) is 13.8 Å². The average molecular weight is 171 g/mol. The van der Waals surface area contributed by atoms with Gasteiger partial charge < -0.3 is 4.90 Å². The summed E-state index contributed by atoms with van der Waals surface area (Å²) in [6.07, 6.45) is 6.99. The molecule has 0 atom stereocenters. The molecule has 12 heavy (non-hydrogen) atoms. The van der Waals surface area contributed by atoms with Crippen molar-refractivity contribution in [2.24, 2.45) is 0 Å². The van der Waals surface area contributed by atoms with E-state index in [4.69, 9.17) is 0 Å². The Kier molecular flexibility index (Phi) is 8.19. The number of carbonyl (C=O) groups excluding carboxylic acids is 1. The largest absolute Gasteiger partial charge is 0.345 e. The van der Waals surface area contributed by atoms with E-state index in [0.29, 0.717) is 0 Å². The third-order valence-corrected chi connectivity index (χ3v) is 1.96. The van der Waals surface area contributed by atoms with Crippen LogP contribution in [0.5, 0.6) is 0 Å². The second-order valence-electron chi connectivity index (χ2n) is 3.20. The molecule has 0 radical (unpaired) electrons. The quantitative estimate of drug-likeness (QED) is 0.406. The Morgan fingerprint density at radius 2 is 1.75 bits per heavy atom. The van der Waals surface area contributed by atoms with Crippen LogP contribution in [0, 0.1) is 0 Å². The molecule has 0 aliphatic rings. The van der Waals surface area contributed by atoms with Gasteiger partial charge in [0.2, 0.25) is 6.41 Å². The van der Waals surface area contributed by atoms with Gasteiger partial charge in [0.05, 0.1) is 0 Å². The highest BCUT2D eigenvalue weighted by molar-refractivity contribution is 5.46. The van der Waals surface area contributed by atoms with Crippen LogP contribution in [0.3, 0.4) is 0 Å². The topological polar surface area (TPSA) is 20.3 Å². The van der Waals surface area contributed by atoms with Crippen molar-refractivity contribution in [1.82, 2.24) is 4.90 Å². The molecule has 0 aliphatic carbocycles. The Balaban J connectivity index is 3.25. The molecule has 2 heteroatoms. The van der Waals surface area contributed by atoms with Gasteiger partial charge in [0.15, 0.2) is 0 Å². The zero-order valence-electron chi connectivity index (χ0n) is 8.38. The lowest BCUT2D eigenvalue weighted by Crippen LogP contribution is -2.23. The van der Waals surface area contributed by atoms with Gasteiger partial charge in [-0.1, -0.05) is 33.1 Å². The minimum absolute atomic E-state index is 0.912. The first-order valence-electron chi connectivity index (χ1n) is 5.04. The zero-order valence-corrected chi connectivity index (χ0v) is 8.38. The number of carbonyl (C=O) groups is 1. The van der Waals surface area contributed by atoms with E-state index < -0.39 is 0 Å². The lowest BCUT2D eigenvalue weighted by molar-refractivity contribution is -0.118. The molecule has 0 spiro atoms. The summed E-state index contributed by atoms with van der Waals surface area (Å²) in [7, 11) is 0. The third-order valence-electron chi connectivity index (χ3n) is 1.96. The Morgan fingerprint density at radius 1 is 1.00 bits per heavy atom. The molecule has 2 nitrogen and oxygen atoms in total. The van der Waals surface area contributed by atoms with Crippen LogP contribution in [0.25, 0.3) is 0 Å². The fourth-order valence-corrected chi connectivity index (χ4v) is 1.25. The van der Waals surface area contributed by atoms with Crippen molar-refractivity contribution in [3.63, 3.8) is 0 Å². The molecule has 0 saturated heterocycles. The van der Waals surface area contributed by atoms with Crippen LogP contribution in [0.1, 0.15) is 46.0 Å². The van der Waals surface area contributed by atoms with Crippen LogP contribution in [-0.2, 0) is 4.79 Å². The van der Waals surface area contributed by atoms with Crippen molar-refractivity contribution in [2.45, 2.75) is 46.0 Å². The highest BCUT2D eigenvalue weighted by Crippen LogP contribution is 2.00. The second kappa shape index (κ2) is 8.57. The van der Waals surface area contributed by atoms with E-state index in [1.165, 1.54) is 19.3 Å². The maximum atomic E-state index is 10.5. The summed E-state index contributed by atoms with van der Waals surface area (Å²) in [6, 6.07) is 0. The minimum Gasteiger partial charge on any atom is -0.345 e. The molecule has 0 fully saturated rings. The summed E-state index contributed by atoms with van der Waals surface area (Å²) in [5, 5.41) is 0.